The number of aromatic nitrogens is 2. The first-order chi connectivity index (χ1) is 12.2. The van der Waals surface area contributed by atoms with Crippen molar-refractivity contribution in [1.82, 2.24) is 20.0 Å². The zero-order valence-electron chi connectivity index (χ0n) is 14.5. The smallest absolute Gasteiger partial charge is 0.274 e. The minimum absolute atomic E-state index is 0.000378. The van der Waals surface area contributed by atoms with Crippen LogP contribution in [0.15, 0.2) is 6.07 Å². The molecule has 25 heavy (non-hydrogen) atoms. The summed E-state index contributed by atoms with van der Waals surface area (Å²) in [5, 5.41) is 16.3. The van der Waals surface area contributed by atoms with Gasteiger partial charge < -0.3 is 14.9 Å². The van der Waals surface area contributed by atoms with Crippen molar-refractivity contribution in [2.75, 3.05) is 26.2 Å². The average molecular weight is 346 g/mol. The molecule has 1 aromatic rings. The van der Waals surface area contributed by atoms with E-state index in [1.54, 1.807) is 0 Å². The Morgan fingerprint density at radius 2 is 2.16 bits per heavy atom. The molecule has 2 saturated heterocycles. The number of rotatable bonds is 5. The first-order valence-electron chi connectivity index (χ1n) is 9.42. The number of carbonyl (C=O) groups is 2. The summed E-state index contributed by atoms with van der Waals surface area (Å²) in [6.45, 7) is 2.08. The van der Waals surface area contributed by atoms with E-state index in [-0.39, 0.29) is 24.5 Å². The molecule has 3 aliphatic rings. The SMILES string of the molecule is O=C(c1cc(C2CC2)[nH]n1)N1CC[C@@H]2[C@@H](CCC(=O)N2CCCO)C1. The van der Waals surface area contributed by atoms with Crippen LogP contribution in [0.25, 0.3) is 0 Å². The lowest BCUT2D eigenvalue weighted by atomic mass is 9.83. The van der Waals surface area contributed by atoms with Gasteiger partial charge in [0.05, 0.1) is 0 Å². The molecule has 0 radical (unpaired) electrons. The van der Waals surface area contributed by atoms with Crippen molar-refractivity contribution in [2.45, 2.75) is 50.5 Å². The van der Waals surface area contributed by atoms with Crippen LogP contribution in [0.4, 0.5) is 0 Å². The number of hydrogen-bond donors (Lipinski definition) is 2. The number of likely N-dealkylation sites (tertiary alicyclic amines) is 2. The zero-order chi connectivity index (χ0) is 17.4. The number of H-pyrrole nitrogens is 1. The maximum Gasteiger partial charge on any atom is 0.274 e. The lowest BCUT2D eigenvalue weighted by Gasteiger charge is -2.47. The van der Waals surface area contributed by atoms with E-state index in [1.165, 1.54) is 12.8 Å². The maximum atomic E-state index is 12.8. The Labute approximate surface area is 147 Å². The van der Waals surface area contributed by atoms with Gasteiger partial charge in [-0.3, -0.25) is 14.7 Å². The third kappa shape index (κ3) is 3.29. The average Bonchev–Trinajstić information content (AvgIpc) is 3.37. The van der Waals surface area contributed by atoms with Gasteiger partial charge in [0.25, 0.3) is 5.91 Å². The highest BCUT2D eigenvalue weighted by Crippen LogP contribution is 2.39. The van der Waals surface area contributed by atoms with Gasteiger partial charge in [-0.25, -0.2) is 0 Å². The van der Waals surface area contributed by atoms with Crippen molar-refractivity contribution in [1.29, 1.82) is 0 Å². The van der Waals surface area contributed by atoms with Crippen LogP contribution < -0.4 is 0 Å². The second kappa shape index (κ2) is 6.78. The van der Waals surface area contributed by atoms with Crippen LogP contribution >= 0.6 is 0 Å². The summed E-state index contributed by atoms with van der Waals surface area (Å²) in [5.41, 5.74) is 1.60. The van der Waals surface area contributed by atoms with Crippen LogP contribution in [-0.4, -0.2) is 69.2 Å². The van der Waals surface area contributed by atoms with E-state index in [0.717, 1.165) is 18.5 Å². The Bertz CT molecular complexity index is 655. The minimum Gasteiger partial charge on any atom is -0.396 e. The third-order valence-corrected chi connectivity index (χ3v) is 5.82. The zero-order valence-corrected chi connectivity index (χ0v) is 14.5. The third-order valence-electron chi connectivity index (χ3n) is 5.82. The molecule has 0 aromatic carbocycles. The lowest BCUT2D eigenvalue weighted by molar-refractivity contribution is -0.140. The molecule has 1 aromatic heterocycles. The first-order valence-corrected chi connectivity index (χ1v) is 9.42. The van der Waals surface area contributed by atoms with Crippen LogP contribution in [0.1, 0.15) is 60.6 Å². The number of amides is 2. The van der Waals surface area contributed by atoms with Gasteiger partial charge in [-0.2, -0.15) is 5.10 Å². The van der Waals surface area contributed by atoms with Crippen LogP contribution in [0.2, 0.25) is 0 Å². The van der Waals surface area contributed by atoms with E-state index in [0.29, 0.717) is 50.0 Å². The quantitative estimate of drug-likeness (QED) is 0.836. The molecule has 7 nitrogen and oxygen atoms in total. The Morgan fingerprint density at radius 1 is 1.32 bits per heavy atom. The highest BCUT2D eigenvalue weighted by atomic mass is 16.3. The molecule has 0 unspecified atom stereocenters. The number of nitrogens with one attached hydrogen (secondary N) is 1. The Morgan fingerprint density at radius 3 is 2.92 bits per heavy atom. The van der Waals surface area contributed by atoms with Crippen LogP contribution in [0, 0.1) is 5.92 Å². The maximum absolute atomic E-state index is 12.8. The summed E-state index contributed by atoms with van der Waals surface area (Å²) in [7, 11) is 0. The number of nitrogens with zero attached hydrogens (tertiary/aromatic N) is 3. The molecule has 2 atom stereocenters. The van der Waals surface area contributed by atoms with Crippen molar-refractivity contribution in [3.63, 3.8) is 0 Å². The number of carbonyl (C=O) groups excluding carboxylic acids is 2. The lowest BCUT2D eigenvalue weighted by Crippen LogP contribution is -2.57. The molecule has 2 N–H and O–H groups in total. The van der Waals surface area contributed by atoms with Crippen molar-refractivity contribution in [3.8, 4) is 0 Å². The van der Waals surface area contributed by atoms with Crippen molar-refractivity contribution in [2.24, 2.45) is 5.92 Å². The molecule has 1 aliphatic carbocycles. The molecule has 0 spiro atoms. The van der Waals surface area contributed by atoms with E-state index >= 15 is 0 Å². The van der Waals surface area contributed by atoms with Crippen molar-refractivity contribution in [3.05, 3.63) is 17.5 Å². The molecule has 7 heteroatoms. The molecular weight excluding hydrogens is 320 g/mol. The molecule has 3 heterocycles. The van der Waals surface area contributed by atoms with Gasteiger partial charge in [-0.05, 0) is 44.1 Å². The van der Waals surface area contributed by atoms with Gasteiger partial charge in [-0.15, -0.1) is 0 Å². The van der Waals surface area contributed by atoms with Crippen LogP contribution in [0.5, 0.6) is 0 Å². The molecular formula is C18H26N4O3. The number of aromatic amines is 1. The van der Waals surface area contributed by atoms with E-state index in [9.17, 15) is 9.59 Å². The fraction of sp³-hybridized carbons (Fsp3) is 0.722. The second-order valence-corrected chi connectivity index (χ2v) is 7.55. The summed E-state index contributed by atoms with van der Waals surface area (Å²) >= 11 is 0. The van der Waals surface area contributed by atoms with E-state index < -0.39 is 0 Å². The highest BCUT2D eigenvalue weighted by molar-refractivity contribution is 5.92. The van der Waals surface area contributed by atoms with Gasteiger partial charge >= 0.3 is 0 Å². The largest absolute Gasteiger partial charge is 0.396 e. The standard InChI is InChI=1S/C18H26N4O3/c23-9-1-7-22-16-6-8-21(11-13(16)4-5-17(22)24)18(25)15-10-14(19-20-15)12-2-3-12/h10,12-13,16,23H,1-9,11H2,(H,19,20)/t13-,16+/m0/s1. The van der Waals surface area contributed by atoms with Crippen molar-refractivity contribution >= 4 is 11.8 Å². The first kappa shape index (κ1) is 16.6. The summed E-state index contributed by atoms with van der Waals surface area (Å²) in [4.78, 5) is 28.8. The normalized spacial score (nSPS) is 26.7. The number of hydrogen-bond acceptors (Lipinski definition) is 4. The number of aliphatic hydroxyl groups excluding tert-OH is 1. The second-order valence-electron chi connectivity index (χ2n) is 7.55. The van der Waals surface area contributed by atoms with Gasteiger partial charge in [0.2, 0.25) is 5.91 Å². The van der Waals surface area contributed by atoms with Gasteiger partial charge in [0.1, 0.15) is 5.69 Å². The van der Waals surface area contributed by atoms with Crippen LogP contribution in [0.3, 0.4) is 0 Å². The summed E-state index contributed by atoms with van der Waals surface area (Å²) in [6, 6.07) is 2.11. The Hall–Kier alpha value is -1.89. The fourth-order valence-electron chi connectivity index (χ4n) is 4.28. The van der Waals surface area contributed by atoms with Crippen LogP contribution in [-0.2, 0) is 4.79 Å². The Kier molecular flexibility index (Phi) is 4.50. The molecule has 1 saturated carbocycles. The molecule has 4 rings (SSSR count). The topological polar surface area (TPSA) is 89.5 Å². The molecule has 136 valence electrons. The van der Waals surface area contributed by atoms with Gasteiger partial charge in [0, 0.05) is 50.3 Å². The summed E-state index contributed by atoms with van der Waals surface area (Å²) < 4.78 is 0. The number of aliphatic hydroxyl groups is 1. The monoisotopic (exact) mass is 346 g/mol. The molecule has 3 fully saturated rings. The summed E-state index contributed by atoms with van der Waals surface area (Å²) in [6.07, 6.45) is 5.18. The predicted octanol–water partition coefficient (Wildman–Crippen LogP) is 1.12. The van der Waals surface area contributed by atoms with Gasteiger partial charge in [-0.1, -0.05) is 0 Å². The predicted molar refractivity (Wildman–Crippen MR) is 91.0 cm³/mol. The fourth-order valence-corrected chi connectivity index (χ4v) is 4.28. The van der Waals surface area contributed by atoms with E-state index in [1.807, 2.05) is 15.9 Å². The number of fused-ring (bicyclic) bond motifs is 1. The van der Waals surface area contributed by atoms with Gasteiger partial charge in [0.15, 0.2) is 0 Å². The number of piperidine rings is 2. The van der Waals surface area contributed by atoms with Crippen molar-refractivity contribution < 1.29 is 14.7 Å². The van der Waals surface area contributed by atoms with E-state index in [2.05, 4.69) is 10.2 Å². The summed E-state index contributed by atoms with van der Waals surface area (Å²) in [5.74, 6) is 1.08. The van der Waals surface area contributed by atoms with E-state index in [4.69, 9.17) is 5.11 Å². The minimum atomic E-state index is 0.000378. The molecule has 0 bridgehead atoms. The molecule has 2 amide bonds. The molecule has 2 aliphatic heterocycles. The Balaban J connectivity index is 1.41. The highest BCUT2D eigenvalue weighted by Gasteiger charge is 2.40.